The lowest BCUT2D eigenvalue weighted by Crippen LogP contribution is -2.41. The zero-order chi connectivity index (χ0) is 15.1. The molecule has 1 aromatic carbocycles. The number of nitrogens with zero attached hydrogens (tertiary/aromatic N) is 2. The van der Waals surface area contributed by atoms with Crippen LogP contribution in [0.1, 0.15) is 0 Å². The van der Waals surface area contributed by atoms with Crippen LogP contribution in [0, 0.1) is 0 Å². The van der Waals surface area contributed by atoms with Crippen LogP contribution in [0.5, 0.6) is 0 Å². The summed E-state index contributed by atoms with van der Waals surface area (Å²) in [7, 11) is 1.26. The van der Waals surface area contributed by atoms with Gasteiger partial charge in [-0.15, -0.1) is 11.8 Å². The number of carbonyl (C=O) groups excluding carboxylic acids is 3. The van der Waals surface area contributed by atoms with Gasteiger partial charge in [0.1, 0.15) is 6.04 Å². The molecule has 2 fully saturated rings. The zero-order valence-electron chi connectivity index (χ0n) is 11.0. The molecule has 0 unspecified atom stereocenters. The maximum Gasteiger partial charge on any atom is 0.339 e. The lowest BCUT2D eigenvalue weighted by atomic mass is 10.2. The van der Waals surface area contributed by atoms with Gasteiger partial charge in [0, 0.05) is 10.8 Å². The van der Waals surface area contributed by atoms with Gasteiger partial charge in [0.15, 0.2) is 5.37 Å². The largest absolute Gasteiger partial charge is 0.467 e. The predicted molar refractivity (Wildman–Crippen MR) is 78.2 cm³/mol. The van der Waals surface area contributed by atoms with Crippen molar-refractivity contribution in [3.8, 4) is 0 Å². The first-order valence-electron chi connectivity index (χ1n) is 6.16. The van der Waals surface area contributed by atoms with Crippen molar-refractivity contribution in [1.82, 2.24) is 4.90 Å². The second-order valence-corrected chi connectivity index (χ2v) is 6.12. The monoisotopic (exact) mass is 326 g/mol. The van der Waals surface area contributed by atoms with Crippen LogP contribution >= 0.6 is 23.4 Å². The number of anilines is 1. The van der Waals surface area contributed by atoms with Crippen molar-refractivity contribution in [2.75, 3.05) is 17.8 Å². The number of halogens is 1. The highest BCUT2D eigenvalue weighted by Crippen LogP contribution is 2.38. The number of amides is 3. The number of urea groups is 1. The van der Waals surface area contributed by atoms with E-state index in [1.165, 1.54) is 23.8 Å². The Bertz CT molecular complexity index is 638. The normalized spacial score (nSPS) is 24.5. The molecule has 21 heavy (non-hydrogen) atoms. The maximum absolute atomic E-state index is 12.5. The van der Waals surface area contributed by atoms with Crippen molar-refractivity contribution in [2.24, 2.45) is 0 Å². The summed E-state index contributed by atoms with van der Waals surface area (Å²) in [4.78, 5) is 39.0. The minimum Gasteiger partial charge on any atom is -0.467 e. The topological polar surface area (TPSA) is 66.9 Å². The second kappa shape index (κ2) is 5.23. The van der Waals surface area contributed by atoms with Gasteiger partial charge in [-0.1, -0.05) is 17.7 Å². The van der Waals surface area contributed by atoms with E-state index in [-0.39, 0.29) is 5.91 Å². The van der Waals surface area contributed by atoms with Crippen molar-refractivity contribution in [3.05, 3.63) is 29.3 Å². The van der Waals surface area contributed by atoms with Crippen LogP contribution in [0.3, 0.4) is 0 Å². The van der Waals surface area contributed by atoms with E-state index in [1.807, 2.05) is 0 Å². The summed E-state index contributed by atoms with van der Waals surface area (Å²) in [6, 6.07) is 5.33. The summed E-state index contributed by atoms with van der Waals surface area (Å²) >= 11 is 7.13. The lowest BCUT2D eigenvalue weighted by Gasteiger charge is -2.20. The summed E-state index contributed by atoms with van der Waals surface area (Å²) in [5, 5.41) is -0.348. The van der Waals surface area contributed by atoms with E-state index in [2.05, 4.69) is 4.74 Å². The Hall–Kier alpha value is -1.73. The van der Waals surface area contributed by atoms with Crippen LogP contribution in [0.25, 0.3) is 0 Å². The van der Waals surface area contributed by atoms with Crippen LogP contribution in [-0.2, 0) is 14.3 Å². The van der Waals surface area contributed by atoms with Crippen molar-refractivity contribution in [3.63, 3.8) is 0 Å². The van der Waals surface area contributed by atoms with Crippen LogP contribution in [0.2, 0.25) is 5.02 Å². The van der Waals surface area contributed by atoms with Crippen molar-refractivity contribution >= 4 is 47.0 Å². The van der Waals surface area contributed by atoms with Gasteiger partial charge in [0.25, 0.3) is 5.91 Å². The molecule has 0 bridgehead atoms. The van der Waals surface area contributed by atoms with E-state index in [9.17, 15) is 14.4 Å². The van der Waals surface area contributed by atoms with Crippen LogP contribution in [0.4, 0.5) is 10.5 Å². The van der Waals surface area contributed by atoms with Gasteiger partial charge >= 0.3 is 12.0 Å². The van der Waals surface area contributed by atoms with Crippen molar-refractivity contribution < 1.29 is 19.1 Å². The number of ether oxygens (including phenoxy) is 1. The van der Waals surface area contributed by atoms with Crippen LogP contribution < -0.4 is 4.90 Å². The second-order valence-electron chi connectivity index (χ2n) is 4.57. The summed E-state index contributed by atoms with van der Waals surface area (Å²) in [5.41, 5.74) is 0.403. The van der Waals surface area contributed by atoms with E-state index in [0.29, 0.717) is 16.5 Å². The van der Waals surface area contributed by atoms with E-state index in [1.54, 1.807) is 24.3 Å². The molecule has 8 heteroatoms. The Labute approximate surface area is 130 Å². The fourth-order valence-corrected chi connectivity index (χ4v) is 3.91. The SMILES string of the molecule is COC(=O)[C@@H]1SC[C@@H]2C(=O)N(c3cccc(Cl)c3)C(=O)N21. The summed E-state index contributed by atoms with van der Waals surface area (Å²) in [6.07, 6.45) is 0. The number of imide groups is 1. The van der Waals surface area contributed by atoms with Gasteiger partial charge in [-0.05, 0) is 18.2 Å². The molecule has 2 aliphatic rings. The molecule has 0 saturated carbocycles. The third-order valence-electron chi connectivity index (χ3n) is 3.39. The first-order valence-corrected chi connectivity index (χ1v) is 7.58. The maximum atomic E-state index is 12.5. The van der Waals surface area contributed by atoms with Gasteiger partial charge < -0.3 is 4.74 Å². The fraction of sp³-hybridized carbons (Fsp3) is 0.308. The quantitative estimate of drug-likeness (QED) is 0.611. The number of fused-ring (bicyclic) bond motifs is 1. The number of hydrogen-bond donors (Lipinski definition) is 0. The Morgan fingerprint density at radius 2 is 2.19 bits per heavy atom. The molecule has 0 spiro atoms. The average Bonchev–Trinajstić information content (AvgIpc) is 3.00. The number of methoxy groups -OCH3 is 1. The lowest BCUT2D eigenvalue weighted by molar-refractivity contribution is -0.142. The van der Waals surface area contributed by atoms with E-state index < -0.39 is 23.4 Å². The molecule has 2 saturated heterocycles. The van der Waals surface area contributed by atoms with Gasteiger partial charge in [0.2, 0.25) is 0 Å². The van der Waals surface area contributed by atoms with Crippen molar-refractivity contribution in [1.29, 1.82) is 0 Å². The molecule has 0 aliphatic carbocycles. The number of thioether (sulfide) groups is 1. The predicted octanol–water partition coefficient (Wildman–Crippen LogP) is 1.72. The fourth-order valence-electron chi connectivity index (χ4n) is 2.42. The highest BCUT2D eigenvalue weighted by Gasteiger charge is 2.55. The minimum absolute atomic E-state index is 0.346. The molecule has 6 nitrogen and oxygen atoms in total. The van der Waals surface area contributed by atoms with Gasteiger partial charge in [-0.2, -0.15) is 0 Å². The molecule has 3 rings (SSSR count). The number of hydrogen-bond acceptors (Lipinski definition) is 5. The number of benzene rings is 1. The summed E-state index contributed by atoms with van der Waals surface area (Å²) < 4.78 is 4.68. The number of esters is 1. The Morgan fingerprint density at radius 3 is 2.86 bits per heavy atom. The highest BCUT2D eigenvalue weighted by atomic mass is 35.5. The minimum atomic E-state index is -0.777. The molecular formula is C13H11ClN2O4S. The Morgan fingerprint density at radius 1 is 1.43 bits per heavy atom. The number of carbonyl (C=O) groups is 3. The van der Waals surface area contributed by atoms with E-state index in [4.69, 9.17) is 11.6 Å². The Kier molecular flexibility index (Phi) is 3.54. The molecule has 0 N–H and O–H groups in total. The van der Waals surface area contributed by atoms with Crippen LogP contribution in [0.15, 0.2) is 24.3 Å². The third-order valence-corrected chi connectivity index (χ3v) is 4.87. The number of rotatable bonds is 2. The molecule has 2 atom stereocenters. The van der Waals surface area contributed by atoms with E-state index in [0.717, 1.165) is 4.90 Å². The molecule has 3 amide bonds. The average molecular weight is 327 g/mol. The van der Waals surface area contributed by atoms with Gasteiger partial charge in [-0.25, -0.2) is 14.5 Å². The summed E-state index contributed by atoms with van der Waals surface area (Å²) in [6.45, 7) is 0. The molecule has 2 heterocycles. The molecule has 0 aromatic heterocycles. The van der Waals surface area contributed by atoms with E-state index >= 15 is 0 Å². The Balaban J connectivity index is 1.95. The molecule has 110 valence electrons. The first-order chi connectivity index (χ1) is 10.0. The highest BCUT2D eigenvalue weighted by molar-refractivity contribution is 8.00. The standard InChI is InChI=1S/C13H11ClN2O4S/c1-20-12(18)11-16-9(6-21-11)10(17)15(13(16)19)8-4-2-3-7(14)5-8/h2-5,9,11H,6H2,1H3/t9-,11+/m1/s1. The first kappa shape index (κ1) is 14.2. The molecule has 1 aromatic rings. The van der Waals surface area contributed by atoms with Crippen molar-refractivity contribution in [2.45, 2.75) is 11.4 Å². The molecular weight excluding hydrogens is 316 g/mol. The third kappa shape index (κ3) is 2.16. The van der Waals surface area contributed by atoms with Gasteiger partial charge in [0.05, 0.1) is 12.8 Å². The van der Waals surface area contributed by atoms with Crippen LogP contribution in [-0.4, -0.2) is 47.1 Å². The molecule has 2 aliphatic heterocycles. The zero-order valence-corrected chi connectivity index (χ0v) is 12.6. The van der Waals surface area contributed by atoms with Gasteiger partial charge in [-0.3, -0.25) is 9.69 Å². The smallest absolute Gasteiger partial charge is 0.339 e. The molecule has 0 radical (unpaired) electrons. The summed E-state index contributed by atoms with van der Waals surface area (Å²) in [5.74, 6) is -0.501.